The minimum Gasteiger partial charge on any atom is -0.493 e. The van der Waals surface area contributed by atoms with Gasteiger partial charge in [-0.05, 0) is 42.7 Å². The zero-order valence-electron chi connectivity index (χ0n) is 15.0. The second-order valence-electron chi connectivity index (χ2n) is 5.79. The molecule has 0 saturated carbocycles. The minimum atomic E-state index is -0.120. The molecule has 0 saturated heterocycles. The highest BCUT2D eigenvalue weighted by Gasteiger charge is 2.11. The second kappa shape index (κ2) is 10.3. The van der Waals surface area contributed by atoms with E-state index in [1.807, 2.05) is 18.3 Å². The van der Waals surface area contributed by atoms with E-state index in [9.17, 15) is 4.79 Å². The van der Waals surface area contributed by atoms with Crippen LogP contribution in [0.2, 0.25) is 0 Å². The molecule has 1 heterocycles. The number of rotatable bonds is 10. The summed E-state index contributed by atoms with van der Waals surface area (Å²) >= 11 is 0. The van der Waals surface area contributed by atoms with E-state index in [1.54, 1.807) is 31.5 Å². The van der Waals surface area contributed by atoms with Crippen LogP contribution in [-0.2, 0) is 6.42 Å². The number of pyridine rings is 1. The number of nitrogens with zero attached hydrogens (tertiary/aromatic N) is 1. The van der Waals surface area contributed by atoms with Crippen LogP contribution in [0.5, 0.6) is 11.5 Å². The molecular formula is C20H26N2O3. The number of amides is 1. The lowest BCUT2D eigenvalue weighted by Gasteiger charge is -2.12. The molecule has 5 heteroatoms. The summed E-state index contributed by atoms with van der Waals surface area (Å²) < 4.78 is 11.1. The molecule has 25 heavy (non-hydrogen) atoms. The maximum Gasteiger partial charge on any atom is 0.251 e. The molecular weight excluding hydrogens is 316 g/mol. The van der Waals surface area contributed by atoms with Crippen LogP contribution in [0.1, 0.15) is 42.1 Å². The molecule has 0 unspecified atom stereocenters. The number of ether oxygens (including phenoxy) is 2. The van der Waals surface area contributed by atoms with Crippen molar-refractivity contribution in [2.45, 2.75) is 32.6 Å². The van der Waals surface area contributed by atoms with Gasteiger partial charge in [-0.25, -0.2) is 0 Å². The molecule has 2 rings (SSSR count). The van der Waals surface area contributed by atoms with Gasteiger partial charge in [0.2, 0.25) is 0 Å². The third kappa shape index (κ3) is 6.10. The zero-order valence-corrected chi connectivity index (χ0v) is 15.0. The summed E-state index contributed by atoms with van der Waals surface area (Å²) in [6.45, 7) is 3.33. The quantitative estimate of drug-likeness (QED) is 0.670. The van der Waals surface area contributed by atoms with Crippen molar-refractivity contribution < 1.29 is 14.3 Å². The summed E-state index contributed by atoms with van der Waals surface area (Å²) in [7, 11) is 1.60. The maximum atomic E-state index is 12.3. The van der Waals surface area contributed by atoms with Crippen LogP contribution in [0, 0.1) is 0 Å². The molecule has 0 radical (unpaired) electrons. The van der Waals surface area contributed by atoms with E-state index in [0.29, 0.717) is 30.2 Å². The number of carbonyl (C=O) groups is 1. The van der Waals surface area contributed by atoms with Crippen molar-refractivity contribution in [1.29, 1.82) is 0 Å². The number of unbranched alkanes of at least 4 members (excludes halogenated alkanes) is 2. The predicted octanol–water partition coefficient (Wildman–Crippen LogP) is 3.63. The standard InChI is InChI=1S/C20H26N2O3/c1-3-4-5-13-25-19-14-17(8-9-18(19)24-2)20(23)22-12-10-16-7-6-11-21-15-16/h6-9,11,14-15H,3-5,10,12-13H2,1-2H3,(H,22,23). The smallest absolute Gasteiger partial charge is 0.251 e. The van der Waals surface area contributed by atoms with Gasteiger partial charge in [-0.2, -0.15) is 0 Å². The van der Waals surface area contributed by atoms with E-state index in [-0.39, 0.29) is 5.91 Å². The van der Waals surface area contributed by atoms with Crippen molar-refractivity contribution in [3.8, 4) is 11.5 Å². The molecule has 0 aliphatic heterocycles. The Morgan fingerprint density at radius 3 is 2.80 bits per heavy atom. The molecule has 1 aromatic heterocycles. The normalized spacial score (nSPS) is 10.3. The Labute approximate surface area is 149 Å². The zero-order chi connectivity index (χ0) is 17.9. The Morgan fingerprint density at radius 2 is 2.08 bits per heavy atom. The Bertz CT molecular complexity index is 659. The molecule has 1 N–H and O–H groups in total. The van der Waals surface area contributed by atoms with Gasteiger partial charge >= 0.3 is 0 Å². The molecule has 5 nitrogen and oxygen atoms in total. The van der Waals surface area contributed by atoms with E-state index in [1.165, 1.54) is 0 Å². The summed E-state index contributed by atoms with van der Waals surface area (Å²) in [5.41, 5.74) is 1.66. The van der Waals surface area contributed by atoms with Crippen molar-refractivity contribution in [3.63, 3.8) is 0 Å². The highest BCUT2D eigenvalue weighted by atomic mass is 16.5. The van der Waals surface area contributed by atoms with Gasteiger partial charge in [0, 0.05) is 24.5 Å². The third-order valence-electron chi connectivity index (χ3n) is 3.85. The molecule has 0 spiro atoms. The lowest BCUT2D eigenvalue weighted by atomic mass is 10.1. The highest BCUT2D eigenvalue weighted by molar-refractivity contribution is 5.94. The Morgan fingerprint density at radius 1 is 1.20 bits per heavy atom. The van der Waals surface area contributed by atoms with Gasteiger partial charge in [0.25, 0.3) is 5.91 Å². The Kier molecular flexibility index (Phi) is 7.76. The van der Waals surface area contributed by atoms with Crippen molar-refractivity contribution in [2.75, 3.05) is 20.3 Å². The largest absolute Gasteiger partial charge is 0.493 e. The van der Waals surface area contributed by atoms with Gasteiger partial charge < -0.3 is 14.8 Å². The van der Waals surface area contributed by atoms with E-state index in [4.69, 9.17) is 9.47 Å². The van der Waals surface area contributed by atoms with Gasteiger partial charge in [-0.15, -0.1) is 0 Å². The van der Waals surface area contributed by atoms with Crippen molar-refractivity contribution in [2.24, 2.45) is 0 Å². The summed E-state index contributed by atoms with van der Waals surface area (Å²) in [6, 6.07) is 9.14. The lowest BCUT2D eigenvalue weighted by Crippen LogP contribution is -2.25. The minimum absolute atomic E-state index is 0.120. The Balaban J connectivity index is 1.91. The van der Waals surface area contributed by atoms with Crippen LogP contribution in [0.4, 0.5) is 0 Å². The van der Waals surface area contributed by atoms with Crippen molar-refractivity contribution in [1.82, 2.24) is 10.3 Å². The monoisotopic (exact) mass is 342 g/mol. The third-order valence-corrected chi connectivity index (χ3v) is 3.85. The van der Waals surface area contributed by atoms with Crippen LogP contribution in [0.15, 0.2) is 42.7 Å². The van der Waals surface area contributed by atoms with Crippen molar-refractivity contribution >= 4 is 5.91 Å². The van der Waals surface area contributed by atoms with E-state index < -0.39 is 0 Å². The van der Waals surface area contributed by atoms with Crippen LogP contribution >= 0.6 is 0 Å². The molecule has 2 aromatic rings. The van der Waals surface area contributed by atoms with E-state index in [2.05, 4.69) is 17.2 Å². The molecule has 0 aliphatic rings. The molecule has 0 atom stereocenters. The number of hydrogen-bond donors (Lipinski definition) is 1. The second-order valence-corrected chi connectivity index (χ2v) is 5.79. The fourth-order valence-corrected chi connectivity index (χ4v) is 2.43. The number of hydrogen-bond acceptors (Lipinski definition) is 4. The first kappa shape index (κ1) is 18.8. The average Bonchev–Trinajstić information content (AvgIpc) is 2.66. The first-order valence-electron chi connectivity index (χ1n) is 8.72. The van der Waals surface area contributed by atoms with Crippen LogP contribution in [0.3, 0.4) is 0 Å². The predicted molar refractivity (Wildman–Crippen MR) is 98.3 cm³/mol. The fourth-order valence-electron chi connectivity index (χ4n) is 2.43. The summed E-state index contributed by atoms with van der Waals surface area (Å²) in [6.07, 6.45) is 7.54. The number of benzene rings is 1. The summed E-state index contributed by atoms with van der Waals surface area (Å²) in [5, 5.41) is 2.93. The molecule has 0 bridgehead atoms. The number of methoxy groups -OCH3 is 1. The number of nitrogens with one attached hydrogen (secondary N) is 1. The van der Waals surface area contributed by atoms with Gasteiger partial charge in [-0.1, -0.05) is 25.8 Å². The van der Waals surface area contributed by atoms with Gasteiger partial charge in [0.15, 0.2) is 11.5 Å². The number of aromatic nitrogens is 1. The Hall–Kier alpha value is -2.56. The first-order chi connectivity index (χ1) is 12.2. The molecule has 0 aliphatic carbocycles. The highest BCUT2D eigenvalue weighted by Crippen LogP contribution is 2.28. The van der Waals surface area contributed by atoms with E-state index in [0.717, 1.165) is 31.2 Å². The molecule has 1 aromatic carbocycles. The van der Waals surface area contributed by atoms with Gasteiger partial charge in [0.05, 0.1) is 13.7 Å². The summed E-state index contributed by atoms with van der Waals surface area (Å²) in [5.74, 6) is 1.13. The SMILES string of the molecule is CCCCCOc1cc(C(=O)NCCc2cccnc2)ccc1OC. The van der Waals surface area contributed by atoms with E-state index >= 15 is 0 Å². The summed E-state index contributed by atoms with van der Waals surface area (Å²) in [4.78, 5) is 16.4. The average molecular weight is 342 g/mol. The number of carbonyl (C=O) groups excluding carboxylic acids is 1. The molecule has 134 valence electrons. The lowest BCUT2D eigenvalue weighted by molar-refractivity contribution is 0.0953. The maximum absolute atomic E-state index is 12.3. The van der Waals surface area contributed by atoms with Crippen LogP contribution in [-0.4, -0.2) is 31.2 Å². The topological polar surface area (TPSA) is 60.5 Å². The van der Waals surface area contributed by atoms with Crippen LogP contribution in [0.25, 0.3) is 0 Å². The fraction of sp³-hybridized carbons (Fsp3) is 0.400. The molecule has 0 fully saturated rings. The van der Waals surface area contributed by atoms with Crippen molar-refractivity contribution in [3.05, 3.63) is 53.9 Å². The van der Waals surface area contributed by atoms with Gasteiger partial charge in [0.1, 0.15) is 0 Å². The first-order valence-corrected chi connectivity index (χ1v) is 8.72. The van der Waals surface area contributed by atoms with Gasteiger partial charge in [-0.3, -0.25) is 9.78 Å². The van der Waals surface area contributed by atoms with Crippen LogP contribution < -0.4 is 14.8 Å². The molecule has 1 amide bonds.